The molecule has 0 bridgehead atoms. The second kappa shape index (κ2) is 9.55. The first kappa shape index (κ1) is 23.1. The average Bonchev–Trinajstić information content (AvgIpc) is 2.88. The summed E-state index contributed by atoms with van der Waals surface area (Å²) in [5.74, 6) is -0.439. The van der Waals surface area contributed by atoms with E-state index in [-0.39, 0.29) is 23.7 Å². The van der Waals surface area contributed by atoms with Crippen molar-refractivity contribution in [3.63, 3.8) is 0 Å². The first-order chi connectivity index (χ1) is 16.9. The van der Waals surface area contributed by atoms with E-state index in [1.807, 2.05) is 72.5 Å². The molecule has 0 amide bonds. The molecule has 0 fully saturated rings. The monoisotopic (exact) mass is 471 g/mol. The van der Waals surface area contributed by atoms with Crippen LogP contribution in [-0.4, -0.2) is 21.0 Å². The number of hydrogen-bond acceptors (Lipinski definition) is 3. The van der Waals surface area contributed by atoms with E-state index in [0.29, 0.717) is 36.5 Å². The SMILES string of the molecule is Cc1ccc(F)c(CN2CCc3nc(C)n(C(c4ccccc4)c4ccccc4)c(=O)c3C2)c1F. The van der Waals surface area contributed by atoms with E-state index in [1.165, 1.54) is 12.1 Å². The molecule has 6 heteroatoms. The van der Waals surface area contributed by atoms with Gasteiger partial charge in [-0.15, -0.1) is 0 Å². The van der Waals surface area contributed by atoms with Crippen LogP contribution in [-0.2, 0) is 19.5 Å². The minimum Gasteiger partial charge on any atom is -0.294 e. The summed E-state index contributed by atoms with van der Waals surface area (Å²) >= 11 is 0. The highest BCUT2D eigenvalue weighted by atomic mass is 19.1. The topological polar surface area (TPSA) is 38.1 Å². The highest BCUT2D eigenvalue weighted by molar-refractivity contribution is 5.35. The fourth-order valence-electron chi connectivity index (χ4n) is 4.95. The van der Waals surface area contributed by atoms with Crippen LogP contribution in [0.3, 0.4) is 0 Å². The molecule has 0 spiro atoms. The molecule has 0 N–H and O–H groups in total. The predicted molar refractivity (Wildman–Crippen MR) is 132 cm³/mol. The lowest BCUT2D eigenvalue weighted by Crippen LogP contribution is -2.40. The van der Waals surface area contributed by atoms with Gasteiger partial charge < -0.3 is 0 Å². The summed E-state index contributed by atoms with van der Waals surface area (Å²) < 4.78 is 30.8. The Morgan fingerprint density at radius 3 is 2.17 bits per heavy atom. The fourth-order valence-corrected chi connectivity index (χ4v) is 4.95. The van der Waals surface area contributed by atoms with Crippen molar-refractivity contribution in [3.05, 3.63) is 134 Å². The van der Waals surface area contributed by atoms with Crippen molar-refractivity contribution >= 4 is 0 Å². The average molecular weight is 472 g/mol. The highest BCUT2D eigenvalue weighted by Crippen LogP contribution is 2.28. The van der Waals surface area contributed by atoms with E-state index in [1.54, 1.807) is 11.5 Å². The van der Waals surface area contributed by atoms with Crippen LogP contribution in [0.4, 0.5) is 8.78 Å². The lowest BCUT2D eigenvalue weighted by molar-refractivity contribution is 0.233. The number of benzene rings is 3. The van der Waals surface area contributed by atoms with Gasteiger partial charge in [-0.25, -0.2) is 13.8 Å². The molecule has 4 nitrogen and oxygen atoms in total. The van der Waals surface area contributed by atoms with E-state index in [0.717, 1.165) is 16.8 Å². The third-order valence-corrected chi connectivity index (χ3v) is 6.77. The molecule has 5 rings (SSSR count). The van der Waals surface area contributed by atoms with Gasteiger partial charge in [0.2, 0.25) is 0 Å². The van der Waals surface area contributed by atoms with Crippen molar-refractivity contribution in [1.29, 1.82) is 0 Å². The smallest absolute Gasteiger partial charge is 0.259 e. The predicted octanol–water partition coefficient (Wildman–Crippen LogP) is 5.33. The Bertz CT molecular complexity index is 1380. The molecule has 1 aromatic heterocycles. The molecule has 0 atom stereocenters. The Balaban J connectivity index is 1.57. The van der Waals surface area contributed by atoms with Gasteiger partial charge in [-0.1, -0.05) is 66.7 Å². The van der Waals surface area contributed by atoms with Gasteiger partial charge in [-0.05, 0) is 36.6 Å². The Morgan fingerprint density at radius 1 is 0.914 bits per heavy atom. The molecular weight excluding hydrogens is 444 g/mol. The normalized spacial score (nSPS) is 13.7. The van der Waals surface area contributed by atoms with E-state index in [9.17, 15) is 13.6 Å². The maximum absolute atomic E-state index is 14.6. The highest BCUT2D eigenvalue weighted by Gasteiger charge is 2.28. The van der Waals surface area contributed by atoms with Gasteiger partial charge in [-0.3, -0.25) is 14.3 Å². The van der Waals surface area contributed by atoms with E-state index in [4.69, 9.17) is 4.98 Å². The second-order valence-corrected chi connectivity index (χ2v) is 9.10. The fraction of sp³-hybridized carbons (Fsp3) is 0.241. The Kier molecular flexibility index (Phi) is 6.31. The molecule has 35 heavy (non-hydrogen) atoms. The van der Waals surface area contributed by atoms with Gasteiger partial charge in [0.05, 0.1) is 17.3 Å². The second-order valence-electron chi connectivity index (χ2n) is 9.10. The molecule has 4 aromatic rings. The largest absolute Gasteiger partial charge is 0.294 e. The van der Waals surface area contributed by atoms with Crippen LogP contribution in [0.15, 0.2) is 77.6 Å². The molecule has 1 aliphatic rings. The summed E-state index contributed by atoms with van der Waals surface area (Å²) in [6.07, 6.45) is 0.558. The molecule has 1 aliphatic heterocycles. The zero-order valence-electron chi connectivity index (χ0n) is 19.8. The van der Waals surface area contributed by atoms with Crippen molar-refractivity contribution in [2.45, 2.75) is 39.4 Å². The number of fused-ring (bicyclic) bond motifs is 1. The van der Waals surface area contributed by atoms with Gasteiger partial charge in [0.1, 0.15) is 17.5 Å². The van der Waals surface area contributed by atoms with Gasteiger partial charge in [-0.2, -0.15) is 0 Å². The number of aryl methyl sites for hydroxylation is 2. The first-order valence-electron chi connectivity index (χ1n) is 11.8. The Hall–Kier alpha value is -3.64. The lowest BCUT2D eigenvalue weighted by Gasteiger charge is -2.30. The summed E-state index contributed by atoms with van der Waals surface area (Å²) in [6, 6.07) is 22.2. The van der Waals surface area contributed by atoms with E-state index >= 15 is 0 Å². The zero-order valence-corrected chi connectivity index (χ0v) is 19.8. The van der Waals surface area contributed by atoms with Gasteiger partial charge in [0.25, 0.3) is 5.56 Å². The van der Waals surface area contributed by atoms with Crippen molar-refractivity contribution in [1.82, 2.24) is 14.5 Å². The van der Waals surface area contributed by atoms with Crippen LogP contribution in [0, 0.1) is 25.5 Å². The molecule has 178 valence electrons. The Labute approximate surface area is 203 Å². The van der Waals surface area contributed by atoms with Gasteiger partial charge >= 0.3 is 0 Å². The van der Waals surface area contributed by atoms with E-state index in [2.05, 4.69) is 0 Å². The molecule has 2 heterocycles. The van der Waals surface area contributed by atoms with Crippen molar-refractivity contribution in [3.8, 4) is 0 Å². The molecule has 0 aliphatic carbocycles. The molecule has 3 aromatic carbocycles. The van der Waals surface area contributed by atoms with Gasteiger partial charge in [0, 0.05) is 31.6 Å². The minimum atomic E-state index is -0.563. The molecule has 0 unspecified atom stereocenters. The van der Waals surface area contributed by atoms with Crippen LogP contribution in [0.25, 0.3) is 0 Å². The zero-order chi connectivity index (χ0) is 24.5. The summed E-state index contributed by atoms with van der Waals surface area (Å²) in [5.41, 5.74) is 3.68. The van der Waals surface area contributed by atoms with Crippen molar-refractivity contribution < 1.29 is 8.78 Å². The van der Waals surface area contributed by atoms with Crippen LogP contribution in [0.2, 0.25) is 0 Å². The Morgan fingerprint density at radius 2 is 1.54 bits per heavy atom. The standard InChI is InChI=1S/C29H27F2N3O/c1-19-13-14-25(30)23(27(19)31)17-33-16-15-26-24(18-33)29(35)34(20(2)32-26)28(21-9-5-3-6-10-21)22-11-7-4-8-12-22/h3-14,28H,15-18H2,1-2H3. The number of rotatable bonds is 5. The maximum atomic E-state index is 14.6. The molecule has 0 radical (unpaired) electrons. The van der Waals surface area contributed by atoms with Crippen LogP contribution < -0.4 is 5.56 Å². The van der Waals surface area contributed by atoms with Crippen LogP contribution in [0.1, 0.15) is 45.4 Å². The summed E-state index contributed by atoms with van der Waals surface area (Å²) in [7, 11) is 0. The summed E-state index contributed by atoms with van der Waals surface area (Å²) in [4.78, 5) is 20.7. The van der Waals surface area contributed by atoms with Gasteiger partial charge in [0.15, 0.2) is 0 Å². The quantitative estimate of drug-likeness (QED) is 0.395. The maximum Gasteiger partial charge on any atom is 0.259 e. The van der Waals surface area contributed by atoms with Crippen LogP contribution in [0.5, 0.6) is 0 Å². The van der Waals surface area contributed by atoms with E-state index < -0.39 is 11.6 Å². The van der Waals surface area contributed by atoms with Crippen LogP contribution >= 0.6 is 0 Å². The third-order valence-electron chi connectivity index (χ3n) is 6.77. The van der Waals surface area contributed by atoms with Crippen molar-refractivity contribution in [2.24, 2.45) is 0 Å². The number of hydrogen-bond donors (Lipinski definition) is 0. The summed E-state index contributed by atoms with van der Waals surface area (Å²) in [6.45, 7) is 4.47. The van der Waals surface area contributed by atoms with Crippen molar-refractivity contribution in [2.75, 3.05) is 6.54 Å². The molecule has 0 saturated heterocycles. The lowest BCUT2D eigenvalue weighted by atomic mass is 9.97. The molecule has 0 saturated carbocycles. The number of halogens is 2. The first-order valence-corrected chi connectivity index (χ1v) is 11.8. The summed E-state index contributed by atoms with van der Waals surface area (Å²) in [5, 5.41) is 0. The molecular formula is C29H27F2N3O. The minimum absolute atomic E-state index is 0.0419. The third kappa shape index (κ3) is 4.42. The number of nitrogens with zero attached hydrogens (tertiary/aromatic N) is 3. The number of aromatic nitrogens is 2.